The Bertz CT molecular complexity index is 1100. The van der Waals surface area contributed by atoms with Gasteiger partial charge in [-0.2, -0.15) is 0 Å². The number of aromatic nitrogens is 2. The van der Waals surface area contributed by atoms with Crippen LogP contribution in [-0.2, 0) is 0 Å². The van der Waals surface area contributed by atoms with Crippen LogP contribution in [-0.4, -0.2) is 47.2 Å². The van der Waals surface area contributed by atoms with Crippen molar-refractivity contribution in [2.24, 2.45) is 5.92 Å². The smallest absolute Gasteiger partial charge is 0.266 e. The van der Waals surface area contributed by atoms with Crippen molar-refractivity contribution in [1.29, 1.82) is 0 Å². The molecule has 30 heavy (non-hydrogen) atoms. The second-order valence-electron chi connectivity index (χ2n) is 8.21. The highest BCUT2D eigenvalue weighted by Crippen LogP contribution is 2.44. The molecule has 1 saturated carbocycles. The van der Waals surface area contributed by atoms with Crippen LogP contribution >= 0.6 is 0 Å². The predicted octanol–water partition coefficient (Wildman–Crippen LogP) is 2.11. The molecule has 1 unspecified atom stereocenters. The summed E-state index contributed by atoms with van der Waals surface area (Å²) >= 11 is 0. The van der Waals surface area contributed by atoms with Gasteiger partial charge in [0, 0.05) is 13.1 Å². The molecule has 2 N–H and O–H groups in total. The van der Waals surface area contributed by atoms with Crippen molar-refractivity contribution in [1.82, 2.24) is 14.5 Å². The minimum absolute atomic E-state index is 0.0167. The molecule has 1 aliphatic carbocycles. The second-order valence-corrected chi connectivity index (χ2v) is 8.21. The first kappa shape index (κ1) is 19.3. The van der Waals surface area contributed by atoms with Gasteiger partial charge in [0.05, 0.1) is 42.3 Å². The van der Waals surface area contributed by atoms with Gasteiger partial charge < -0.3 is 10.1 Å². The SMILES string of the molecule is CCOc1ccccc1-n1c(C(C2CC2)N2CC[NH2+]CC2)nc2ccccc2c1=O. The minimum atomic E-state index is -0.0167. The van der Waals surface area contributed by atoms with E-state index in [0.29, 0.717) is 17.9 Å². The molecule has 156 valence electrons. The lowest BCUT2D eigenvalue weighted by Gasteiger charge is -2.34. The zero-order valence-corrected chi connectivity index (χ0v) is 17.5. The summed E-state index contributed by atoms with van der Waals surface area (Å²) in [7, 11) is 0. The molecule has 1 aromatic heterocycles. The number of hydrogen-bond donors (Lipinski definition) is 1. The second kappa shape index (κ2) is 8.20. The first-order chi connectivity index (χ1) is 14.8. The summed E-state index contributed by atoms with van der Waals surface area (Å²) in [5.41, 5.74) is 1.54. The molecule has 0 bridgehead atoms. The van der Waals surface area contributed by atoms with E-state index in [1.54, 1.807) is 0 Å². The lowest BCUT2D eigenvalue weighted by Crippen LogP contribution is -2.89. The van der Waals surface area contributed by atoms with Crippen LogP contribution in [0.15, 0.2) is 53.3 Å². The van der Waals surface area contributed by atoms with E-state index < -0.39 is 0 Å². The van der Waals surface area contributed by atoms with Gasteiger partial charge in [-0.1, -0.05) is 24.3 Å². The van der Waals surface area contributed by atoms with Gasteiger partial charge in [-0.25, -0.2) is 4.98 Å². The monoisotopic (exact) mass is 405 g/mol. The minimum Gasteiger partial charge on any atom is -0.492 e. The molecule has 0 radical (unpaired) electrons. The molecule has 6 heteroatoms. The summed E-state index contributed by atoms with van der Waals surface area (Å²) in [5.74, 6) is 2.14. The Kier molecular flexibility index (Phi) is 5.27. The Morgan fingerprint density at radius 3 is 2.60 bits per heavy atom. The van der Waals surface area contributed by atoms with Crippen molar-refractivity contribution in [3.05, 3.63) is 64.7 Å². The first-order valence-electron chi connectivity index (χ1n) is 11.1. The van der Waals surface area contributed by atoms with Crippen LogP contribution < -0.4 is 15.6 Å². The topological polar surface area (TPSA) is 64.0 Å². The van der Waals surface area contributed by atoms with E-state index in [9.17, 15) is 4.79 Å². The summed E-state index contributed by atoms with van der Waals surface area (Å²) < 4.78 is 7.74. The molecule has 1 atom stereocenters. The fourth-order valence-electron chi connectivity index (χ4n) is 4.63. The molecule has 1 aliphatic heterocycles. The quantitative estimate of drug-likeness (QED) is 0.682. The number of benzene rings is 2. The molecule has 0 amide bonds. The van der Waals surface area contributed by atoms with Crippen LogP contribution in [0.2, 0.25) is 0 Å². The number of nitrogens with two attached hydrogens (primary N) is 1. The fourth-order valence-corrected chi connectivity index (χ4v) is 4.63. The van der Waals surface area contributed by atoms with Gasteiger partial charge in [-0.3, -0.25) is 14.3 Å². The molecule has 5 rings (SSSR count). The van der Waals surface area contributed by atoms with Gasteiger partial charge in [-0.05, 0) is 49.9 Å². The summed E-state index contributed by atoms with van der Waals surface area (Å²) in [5, 5.41) is 3.01. The average Bonchev–Trinajstić information content (AvgIpc) is 3.61. The lowest BCUT2D eigenvalue weighted by atomic mass is 10.1. The van der Waals surface area contributed by atoms with Crippen molar-refractivity contribution in [2.45, 2.75) is 25.8 Å². The largest absolute Gasteiger partial charge is 0.492 e. The van der Waals surface area contributed by atoms with Crippen molar-refractivity contribution in [2.75, 3.05) is 32.8 Å². The maximum Gasteiger partial charge on any atom is 0.266 e. The molecule has 6 nitrogen and oxygen atoms in total. The Balaban J connectivity index is 1.76. The maximum absolute atomic E-state index is 13.8. The number of hydrogen-bond acceptors (Lipinski definition) is 4. The number of ether oxygens (including phenoxy) is 1. The third-order valence-corrected chi connectivity index (χ3v) is 6.17. The van der Waals surface area contributed by atoms with Crippen molar-refractivity contribution in [3.8, 4) is 11.4 Å². The summed E-state index contributed by atoms with van der Waals surface area (Å²) in [6.07, 6.45) is 2.39. The zero-order valence-electron chi connectivity index (χ0n) is 17.5. The molecular formula is C24H29N4O2+. The van der Waals surface area contributed by atoms with Gasteiger partial charge in [0.25, 0.3) is 5.56 Å². The summed E-state index contributed by atoms with van der Waals surface area (Å²) in [6.45, 7) is 6.76. The van der Waals surface area contributed by atoms with Gasteiger partial charge >= 0.3 is 0 Å². The van der Waals surface area contributed by atoms with Crippen LogP contribution in [0.3, 0.4) is 0 Å². The van der Waals surface area contributed by atoms with Crippen LogP contribution in [0.4, 0.5) is 0 Å². The summed E-state index contributed by atoms with van der Waals surface area (Å²) in [4.78, 5) is 21.4. The Hall–Kier alpha value is -2.70. The Morgan fingerprint density at radius 1 is 1.10 bits per heavy atom. The maximum atomic E-state index is 13.8. The molecule has 2 heterocycles. The summed E-state index contributed by atoms with van der Waals surface area (Å²) in [6, 6.07) is 15.7. The third-order valence-electron chi connectivity index (χ3n) is 6.17. The van der Waals surface area contributed by atoms with E-state index in [1.807, 2.05) is 60.0 Å². The first-order valence-corrected chi connectivity index (χ1v) is 11.1. The van der Waals surface area contributed by atoms with Crippen LogP contribution in [0.5, 0.6) is 5.75 Å². The van der Waals surface area contributed by atoms with Crippen LogP contribution in [0.1, 0.15) is 31.6 Å². The Labute approximate surface area is 176 Å². The molecular weight excluding hydrogens is 376 g/mol. The fraction of sp³-hybridized carbons (Fsp3) is 0.417. The predicted molar refractivity (Wildman–Crippen MR) is 117 cm³/mol. The van der Waals surface area contributed by atoms with E-state index >= 15 is 0 Å². The number of quaternary nitrogens is 1. The zero-order chi connectivity index (χ0) is 20.5. The van der Waals surface area contributed by atoms with Gasteiger partial charge in [0.2, 0.25) is 0 Å². The van der Waals surface area contributed by atoms with Crippen molar-refractivity contribution >= 4 is 10.9 Å². The van der Waals surface area contributed by atoms with Crippen LogP contribution in [0.25, 0.3) is 16.6 Å². The highest BCUT2D eigenvalue weighted by atomic mass is 16.5. The van der Waals surface area contributed by atoms with Crippen molar-refractivity contribution < 1.29 is 10.1 Å². The van der Waals surface area contributed by atoms with E-state index in [4.69, 9.17) is 9.72 Å². The molecule has 1 saturated heterocycles. The van der Waals surface area contributed by atoms with Gasteiger partial charge in [-0.15, -0.1) is 0 Å². The average molecular weight is 406 g/mol. The van der Waals surface area contributed by atoms with E-state index in [2.05, 4.69) is 10.2 Å². The number of para-hydroxylation sites is 3. The van der Waals surface area contributed by atoms with E-state index in [-0.39, 0.29) is 11.6 Å². The number of nitrogens with zero attached hydrogens (tertiary/aromatic N) is 3. The third kappa shape index (κ3) is 3.50. The van der Waals surface area contributed by atoms with Crippen molar-refractivity contribution in [3.63, 3.8) is 0 Å². The number of fused-ring (bicyclic) bond motifs is 1. The van der Waals surface area contributed by atoms with Gasteiger partial charge in [0.15, 0.2) is 0 Å². The number of piperazine rings is 1. The molecule has 0 spiro atoms. The molecule has 3 aromatic rings. The standard InChI is InChI=1S/C24H28N4O2/c1-2-30-21-10-6-5-9-20(21)28-23(26-19-8-4-3-7-18(19)24(28)29)22(17-11-12-17)27-15-13-25-14-16-27/h3-10,17,22,25H,2,11-16H2,1H3/p+1. The van der Waals surface area contributed by atoms with Gasteiger partial charge in [0.1, 0.15) is 11.6 Å². The van der Waals surface area contributed by atoms with E-state index in [1.165, 1.54) is 12.8 Å². The molecule has 2 fully saturated rings. The highest BCUT2D eigenvalue weighted by molar-refractivity contribution is 5.78. The number of rotatable bonds is 6. The van der Waals surface area contributed by atoms with Crippen LogP contribution in [0, 0.1) is 5.92 Å². The van der Waals surface area contributed by atoms with E-state index in [0.717, 1.165) is 49.0 Å². The lowest BCUT2D eigenvalue weighted by molar-refractivity contribution is -0.663. The molecule has 2 aliphatic rings. The Morgan fingerprint density at radius 2 is 1.83 bits per heavy atom. The molecule has 2 aromatic carbocycles. The normalized spacial score (nSPS) is 18.4. The highest BCUT2D eigenvalue weighted by Gasteiger charge is 2.40.